The van der Waals surface area contributed by atoms with E-state index in [9.17, 15) is 9.18 Å². The van der Waals surface area contributed by atoms with Gasteiger partial charge in [0, 0.05) is 31.6 Å². The second kappa shape index (κ2) is 13.0. The summed E-state index contributed by atoms with van der Waals surface area (Å²) in [4.78, 5) is 18.4. The number of carbonyl (C=O) groups excluding carboxylic acids is 1. The van der Waals surface area contributed by atoms with Crippen molar-refractivity contribution >= 4 is 17.9 Å². The van der Waals surface area contributed by atoms with Gasteiger partial charge in [0.25, 0.3) is 5.91 Å². The van der Waals surface area contributed by atoms with Crippen LogP contribution >= 0.6 is 0 Å². The van der Waals surface area contributed by atoms with Crippen molar-refractivity contribution in [3.05, 3.63) is 107 Å². The van der Waals surface area contributed by atoms with E-state index < -0.39 is 11.6 Å². The Labute approximate surface area is 222 Å². The Morgan fingerprint density at radius 3 is 2.58 bits per heavy atom. The molecule has 0 unspecified atom stereocenters. The molecule has 3 aromatic carbocycles. The normalized spacial score (nSPS) is 18.7. The molecule has 1 aliphatic heterocycles. The summed E-state index contributed by atoms with van der Waals surface area (Å²) >= 11 is 0. The highest BCUT2D eigenvalue weighted by atomic mass is 19.1. The molecule has 0 aromatic heterocycles. The van der Waals surface area contributed by atoms with Gasteiger partial charge in [0.2, 0.25) is 5.90 Å². The zero-order valence-corrected chi connectivity index (χ0v) is 21.5. The summed E-state index contributed by atoms with van der Waals surface area (Å²) < 4.78 is 25.8. The minimum Gasteiger partial charge on any atom is -0.494 e. The van der Waals surface area contributed by atoms with Crippen LogP contribution in [0.15, 0.2) is 89.9 Å². The molecule has 4 rings (SSSR count). The second-order valence-electron chi connectivity index (χ2n) is 9.17. The molecule has 0 saturated heterocycles. The zero-order chi connectivity index (χ0) is 26.8. The number of ether oxygens (including phenoxy) is 2. The summed E-state index contributed by atoms with van der Waals surface area (Å²) in [5.41, 5.74) is 1.13. The van der Waals surface area contributed by atoms with Crippen LogP contribution in [0, 0.1) is 5.82 Å². The highest BCUT2D eigenvalue weighted by molar-refractivity contribution is 6.00. The SMILES string of the molecule is C[C@H]1OC(c2ccc(OCCCO)cc2)=N[C@@]1(C/C=C/c1ccccc1)C(=O)NCCc1ccccc1F. The molecule has 2 atom stereocenters. The average Bonchev–Trinajstić information content (AvgIpc) is 3.28. The van der Waals surface area contributed by atoms with Crippen LogP contribution in [0.2, 0.25) is 0 Å². The minimum absolute atomic E-state index is 0.0732. The first kappa shape index (κ1) is 27.1. The number of nitrogens with zero attached hydrogens (tertiary/aromatic N) is 1. The molecule has 7 heteroatoms. The minimum atomic E-state index is -1.17. The summed E-state index contributed by atoms with van der Waals surface area (Å²) in [6.07, 6.45) is 4.65. The van der Waals surface area contributed by atoms with E-state index in [1.807, 2.05) is 73.7 Å². The number of amides is 1. The van der Waals surface area contributed by atoms with Crippen molar-refractivity contribution in [2.45, 2.75) is 37.8 Å². The number of aliphatic imine (C=N–C) groups is 1. The van der Waals surface area contributed by atoms with E-state index in [0.717, 1.165) is 11.1 Å². The molecule has 0 aliphatic carbocycles. The molecule has 2 N–H and O–H groups in total. The third kappa shape index (κ3) is 6.66. The van der Waals surface area contributed by atoms with E-state index in [1.165, 1.54) is 6.07 Å². The van der Waals surface area contributed by atoms with E-state index in [-0.39, 0.29) is 24.9 Å². The van der Waals surface area contributed by atoms with Gasteiger partial charge in [-0.05, 0) is 54.8 Å². The fourth-order valence-electron chi connectivity index (χ4n) is 4.29. The topological polar surface area (TPSA) is 80.2 Å². The standard InChI is InChI=1S/C31H33FN2O4/c1-23-31(19-7-11-24-9-3-2-4-10-24,30(36)33-20-18-25-12-5-6-13-28(25)32)34-29(38-23)26-14-16-27(17-15-26)37-22-8-21-35/h2-7,9-17,23,35H,8,18-22H2,1H3,(H,33,36)/b11-7+/t23-,31-/m1/s1. The van der Waals surface area contributed by atoms with Crippen LogP contribution in [0.5, 0.6) is 5.75 Å². The fourth-order valence-corrected chi connectivity index (χ4v) is 4.29. The molecule has 0 fully saturated rings. The molecule has 1 amide bonds. The maximum atomic E-state index is 14.1. The summed E-state index contributed by atoms with van der Waals surface area (Å²) in [7, 11) is 0. The molecule has 0 spiro atoms. The van der Waals surface area contributed by atoms with Crippen LogP contribution < -0.4 is 10.1 Å². The van der Waals surface area contributed by atoms with Gasteiger partial charge in [-0.25, -0.2) is 9.38 Å². The molecule has 1 heterocycles. The number of halogens is 1. The number of aliphatic hydroxyl groups excluding tert-OH is 1. The highest BCUT2D eigenvalue weighted by Gasteiger charge is 2.49. The first-order chi connectivity index (χ1) is 18.5. The predicted molar refractivity (Wildman–Crippen MR) is 147 cm³/mol. The van der Waals surface area contributed by atoms with Crippen LogP contribution in [0.25, 0.3) is 6.08 Å². The molecular weight excluding hydrogens is 483 g/mol. The summed E-state index contributed by atoms with van der Waals surface area (Å²) in [5.74, 6) is 0.510. The summed E-state index contributed by atoms with van der Waals surface area (Å²) in [6, 6.07) is 23.7. The zero-order valence-electron chi connectivity index (χ0n) is 21.5. The van der Waals surface area contributed by atoms with Crippen LogP contribution in [0.4, 0.5) is 4.39 Å². The van der Waals surface area contributed by atoms with Crippen LogP contribution in [0.3, 0.4) is 0 Å². The number of hydrogen-bond acceptors (Lipinski definition) is 5. The van der Waals surface area contributed by atoms with E-state index >= 15 is 0 Å². The predicted octanol–water partition coefficient (Wildman–Crippen LogP) is 4.95. The van der Waals surface area contributed by atoms with Gasteiger partial charge in [0.15, 0.2) is 5.54 Å². The van der Waals surface area contributed by atoms with E-state index in [4.69, 9.17) is 19.6 Å². The molecule has 198 valence electrons. The van der Waals surface area contributed by atoms with Crippen LogP contribution in [-0.4, -0.2) is 48.3 Å². The van der Waals surface area contributed by atoms with Crippen LogP contribution in [0.1, 0.15) is 36.5 Å². The molecule has 1 aliphatic rings. The van der Waals surface area contributed by atoms with Crippen molar-refractivity contribution < 1.29 is 23.8 Å². The monoisotopic (exact) mass is 516 g/mol. The third-order valence-electron chi connectivity index (χ3n) is 6.50. The van der Waals surface area contributed by atoms with Gasteiger partial charge in [-0.15, -0.1) is 0 Å². The van der Waals surface area contributed by atoms with Crippen LogP contribution in [-0.2, 0) is 16.0 Å². The second-order valence-corrected chi connectivity index (χ2v) is 9.17. The van der Waals surface area contributed by atoms with Crippen molar-refractivity contribution in [1.82, 2.24) is 5.32 Å². The summed E-state index contributed by atoms with van der Waals surface area (Å²) in [6.45, 7) is 2.62. The van der Waals surface area contributed by atoms with Gasteiger partial charge in [-0.2, -0.15) is 0 Å². The van der Waals surface area contributed by atoms with Gasteiger partial charge in [0.05, 0.1) is 6.61 Å². The molecule has 6 nitrogen and oxygen atoms in total. The first-order valence-electron chi connectivity index (χ1n) is 12.9. The van der Waals surface area contributed by atoms with Crippen molar-refractivity contribution in [3.8, 4) is 5.75 Å². The molecule has 0 saturated carbocycles. The molecular formula is C31H33FN2O4. The maximum Gasteiger partial charge on any atom is 0.252 e. The Bertz CT molecular complexity index is 1260. The largest absolute Gasteiger partial charge is 0.494 e. The maximum absolute atomic E-state index is 14.1. The molecule has 38 heavy (non-hydrogen) atoms. The van der Waals surface area contributed by atoms with Crippen molar-refractivity contribution in [2.75, 3.05) is 19.8 Å². The third-order valence-corrected chi connectivity index (χ3v) is 6.50. The van der Waals surface area contributed by atoms with Gasteiger partial charge in [0.1, 0.15) is 17.7 Å². The number of hydrogen-bond donors (Lipinski definition) is 2. The quantitative estimate of drug-likeness (QED) is 0.334. The van der Waals surface area contributed by atoms with Crippen molar-refractivity contribution in [2.24, 2.45) is 4.99 Å². The summed E-state index contributed by atoms with van der Waals surface area (Å²) in [5, 5.41) is 11.9. The molecule has 0 radical (unpaired) electrons. The number of aliphatic hydroxyl groups is 1. The highest BCUT2D eigenvalue weighted by Crippen LogP contribution is 2.33. The lowest BCUT2D eigenvalue weighted by Crippen LogP contribution is -2.51. The fraction of sp³-hybridized carbons (Fsp3) is 0.290. The van der Waals surface area contributed by atoms with E-state index in [1.54, 1.807) is 18.2 Å². The van der Waals surface area contributed by atoms with Gasteiger partial charge in [-0.3, -0.25) is 4.79 Å². The number of benzene rings is 3. The number of rotatable bonds is 12. The Balaban J connectivity index is 1.53. The number of carbonyl (C=O) groups is 1. The van der Waals surface area contributed by atoms with Crippen molar-refractivity contribution in [1.29, 1.82) is 0 Å². The Morgan fingerprint density at radius 2 is 1.84 bits per heavy atom. The lowest BCUT2D eigenvalue weighted by Gasteiger charge is -2.27. The van der Waals surface area contributed by atoms with Gasteiger partial charge < -0.3 is 19.9 Å². The first-order valence-corrected chi connectivity index (χ1v) is 12.9. The lowest BCUT2D eigenvalue weighted by molar-refractivity contribution is -0.128. The van der Waals surface area contributed by atoms with E-state index in [2.05, 4.69) is 5.32 Å². The van der Waals surface area contributed by atoms with Gasteiger partial charge >= 0.3 is 0 Å². The number of nitrogens with one attached hydrogen (secondary N) is 1. The Morgan fingerprint density at radius 1 is 1.11 bits per heavy atom. The van der Waals surface area contributed by atoms with E-state index in [0.29, 0.717) is 43.1 Å². The van der Waals surface area contributed by atoms with Crippen molar-refractivity contribution in [3.63, 3.8) is 0 Å². The Hall–Kier alpha value is -3.97. The average molecular weight is 517 g/mol. The smallest absolute Gasteiger partial charge is 0.252 e. The van der Waals surface area contributed by atoms with Gasteiger partial charge in [-0.1, -0.05) is 60.7 Å². The Kier molecular flexibility index (Phi) is 9.27. The molecule has 0 bridgehead atoms. The molecule has 3 aromatic rings. The lowest BCUT2D eigenvalue weighted by atomic mass is 9.89.